The zero-order valence-electron chi connectivity index (χ0n) is 9.74. The molecule has 2 N–H and O–H groups in total. The highest BCUT2D eigenvalue weighted by molar-refractivity contribution is 6.28. The molecule has 0 amide bonds. The second kappa shape index (κ2) is 5.14. The molecule has 0 aliphatic carbocycles. The van der Waals surface area contributed by atoms with Crippen molar-refractivity contribution in [2.45, 2.75) is 26.3 Å². The summed E-state index contributed by atoms with van der Waals surface area (Å²) in [5.41, 5.74) is 0.958. The Morgan fingerprint density at radius 3 is 2.94 bits per heavy atom. The number of anilines is 1. The number of aryl methyl sites for hydroxylation is 1. The third kappa shape index (κ3) is 2.74. The summed E-state index contributed by atoms with van der Waals surface area (Å²) in [6, 6.07) is 0.0923. The number of halogens is 1. The van der Waals surface area contributed by atoms with Crippen LogP contribution < -0.4 is 5.32 Å². The van der Waals surface area contributed by atoms with Gasteiger partial charge in [-0.3, -0.25) is 0 Å². The summed E-state index contributed by atoms with van der Waals surface area (Å²) in [7, 11) is 0. The first-order chi connectivity index (χ1) is 8.20. The first-order valence-electron chi connectivity index (χ1n) is 5.45. The van der Waals surface area contributed by atoms with Crippen molar-refractivity contribution < 1.29 is 0 Å². The number of nitrogens with zero attached hydrogens (tertiary/aromatic N) is 3. The molecule has 90 valence electrons. The second-order valence-electron chi connectivity index (χ2n) is 3.75. The van der Waals surface area contributed by atoms with Crippen LogP contribution in [0.4, 0.5) is 5.82 Å². The predicted molar refractivity (Wildman–Crippen MR) is 67.0 cm³/mol. The highest BCUT2D eigenvalue weighted by atomic mass is 35.5. The quantitative estimate of drug-likeness (QED) is 0.820. The van der Waals surface area contributed by atoms with Crippen molar-refractivity contribution in [3.05, 3.63) is 35.3 Å². The number of aromatic amines is 1. The van der Waals surface area contributed by atoms with Crippen LogP contribution in [0.25, 0.3) is 0 Å². The molecule has 2 aromatic heterocycles. The van der Waals surface area contributed by atoms with Crippen LogP contribution in [0.1, 0.15) is 30.8 Å². The van der Waals surface area contributed by atoms with E-state index in [0.29, 0.717) is 0 Å². The summed E-state index contributed by atoms with van der Waals surface area (Å²) in [5.74, 6) is 1.63. The molecule has 2 heterocycles. The summed E-state index contributed by atoms with van der Waals surface area (Å²) in [5, 5.41) is 3.55. The molecule has 0 aliphatic rings. The van der Waals surface area contributed by atoms with E-state index in [1.54, 1.807) is 18.6 Å². The average molecular weight is 252 g/mol. The van der Waals surface area contributed by atoms with Gasteiger partial charge in [-0.1, -0.05) is 6.92 Å². The molecule has 0 bridgehead atoms. The fraction of sp³-hybridized carbons (Fsp3) is 0.364. The topological polar surface area (TPSA) is 66.5 Å². The van der Waals surface area contributed by atoms with Crippen LogP contribution in [0.2, 0.25) is 5.28 Å². The van der Waals surface area contributed by atoms with Gasteiger partial charge in [0.25, 0.3) is 0 Å². The van der Waals surface area contributed by atoms with Crippen molar-refractivity contribution >= 4 is 17.4 Å². The summed E-state index contributed by atoms with van der Waals surface area (Å²) in [6.45, 7) is 4.02. The maximum Gasteiger partial charge on any atom is 0.224 e. The van der Waals surface area contributed by atoms with Gasteiger partial charge in [0.2, 0.25) is 5.28 Å². The number of hydrogen-bond acceptors (Lipinski definition) is 4. The molecule has 0 saturated carbocycles. The molecule has 0 spiro atoms. The van der Waals surface area contributed by atoms with Crippen LogP contribution in [0, 0.1) is 6.92 Å². The monoisotopic (exact) mass is 251 g/mol. The molecule has 0 aliphatic heterocycles. The zero-order chi connectivity index (χ0) is 12.3. The maximum absolute atomic E-state index is 5.78. The van der Waals surface area contributed by atoms with Gasteiger partial charge in [-0.05, 0) is 24.9 Å². The lowest BCUT2D eigenvalue weighted by Crippen LogP contribution is -2.13. The van der Waals surface area contributed by atoms with Crippen molar-refractivity contribution in [2.75, 3.05) is 5.32 Å². The molecule has 2 aromatic rings. The molecule has 2 rings (SSSR count). The van der Waals surface area contributed by atoms with Gasteiger partial charge in [-0.25, -0.2) is 15.0 Å². The van der Waals surface area contributed by atoms with E-state index in [1.807, 2.05) is 6.92 Å². The number of imidazole rings is 1. The van der Waals surface area contributed by atoms with Crippen molar-refractivity contribution in [3.63, 3.8) is 0 Å². The molecule has 17 heavy (non-hydrogen) atoms. The Balaban J connectivity index is 2.21. The van der Waals surface area contributed by atoms with E-state index >= 15 is 0 Å². The van der Waals surface area contributed by atoms with Gasteiger partial charge in [-0.15, -0.1) is 0 Å². The van der Waals surface area contributed by atoms with E-state index in [1.165, 1.54) is 0 Å². The Kier molecular flexibility index (Phi) is 3.58. The minimum atomic E-state index is 0.0923. The van der Waals surface area contributed by atoms with Crippen molar-refractivity contribution in [1.82, 2.24) is 19.9 Å². The number of hydrogen-bond donors (Lipinski definition) is 2. The molecule has 1 atom stereocenters. The zero-order valence-corrected chi connectivity index (χ0v) is 10.5. The number of H-pyrrole nitrogens is 1. The van der Waals surface area contributed by atoms with Gasteiger partial charge < -0.3 is 10.3 Å². The minimum Gasteiger partial charge on any atom is -0.360 e. The lowest BCUT2D eigenvalue weighted by molar-refractivity contribution is 0.698. The number of rotatable bonds is 4. The molecular formula is C11H14ClN5. The highest BCUT2D eigenvalue weighted by Gasteiger charge is 2.13. The molecule has 0 fully saturated rings. The third-order valence-electron chi connectivity index (χ3n) is 2.51. The molecule has 0 radical (unpaired) electrons. The Bertz CT molecular complexity index is 483. The lowest BCUT2D eigenvalue weighted by atomic mass is 10.2. The van der Waals surface area contributed by atoms with Crippen molar-refractivity contribution in [1.29, 1.82) is 0 Å². The standard InChI is InChI=1S/C11H14ClN5/c1-3-8(10-13-4-5-14-10)16-9-7(2)6-15-11(12)17-9/h4-6,8H,3H2,1-2H3,(H,13,14)(H,15,16,17). The molecule has 1 unspecified atom stereocenters. The lowest BCUT2D eigenvalue weighted by Gasteiger charge is -2.16. The Labute approximate surface area is 105 Å². The smallest absolute Gasteiger partial charge is 0.224 e. The van der Waals surface area contributed by atoms with Crippen molar-refractivity contribution in [3.8, 4) is 0 Å². The van der Waals surface area contributed by atoms with Gasteiger partial charge in [0.05, 0.1) is 6.04 Å². The van der Waals surface area contributed by atoms with Crippen LogP contribution >= 0.6 is 11.6 Å². The van der Waals surface area contributed by atoms with Crippen LogP contribution in [0.15, 0.2) is 18.6 Å². The molecular weight excluding hydrogens is 238 g/mol. The SMILES string of the molecule is CCC(Nc1nc(Cl)ncc1C)c1ncc[nH]1. The maximum atomic E-state index is 5.78. The Hall–Kier alpha value is -1.62. The van der Waals surface area contributed by atoms with E-state index in [0.717, 1.165) is 23.6 Å². The fourth-order valence-corrected chi connectivity index (χ4v) is 1.70. The van der Waals surface area contributed by atoms with Crippen LogP contribution in [0.5, 0.6) is 0 Å². The summed E-state index contributed by atoms with van der Waals surface area (Å²) in [4.78, 5) is 15.4. The van der Waals surface area contributed by atoms with Crippen molar-refractivity contribution in [2.24, 2.45) is 0 Å². The largest absolute Gasteiger partial charge is 0.360 e. The summed E-state index contributed by atoms with van der Waals surface area (Å²) in [6.07, 6.45) is 6.14. The van der Waals surface area contributed by atoms with Gasteiger partial charge in [-0.2, -0.15) is 0 Å². The third-order valence-corrected chi connectivity index (χ3v) is 2.69. The van der Waals surface area contributed by atoms with Gasteiger partial charge >= 0.3 is 0 Å². The van der Waals surface area contributed by atoms with Crippen LogP contribution in [0.3, 0.4) is 0 Å². The molecule has 5 nitrogen and oxygen atoms in total. The van der Waals surface area contributed by atoms with Gasteiger partial charge in [0.15, 0.2) is 0 Å². The summed E-state index contributed by atoms with van der Waals surface area (Å²) < 4.78 is 0. The molecule has 0 saturated heterocycles. The first-order valence-corrected chi connectivity index (χ1v) is 5.83. The van der Waals surface area contributed by atoms with Gasteiger partial charge in [0, 0.05) is 24.2 Å². The van der Waals surface area contributed by atoms with E-state index < -0.39 is 0 Å². The first kappa shape index (κ1) is 11.9. The van der Waals surface area contributed by atoms with E-state index in [-0.39, 0.29) is 11.3 Å². The Morgan fingerprint density at radius 2 is 2.29 bits per heavy atom. The van der Waals surface area contributed by atoms with E-state index in [2.05, 4.69) is 32.2 Å². The van der Waals surface area contributed by atoms with Gasteiger partial charge in [0.1, 0.15) is 11.6 Å². The average Bonchev–Trinajstić information content (AvgIpc) is 2.84. The van der Waals surface area contributed by atoms with E-state index in [9.17, 15) is 0 Å². The summed E-state index contributed by atoms with van der Waals surface area (Å²) >= 11 is 5.78. The highest BCUT2D eigenvalue weighted by Crippen LogP contribution is 2.21. The fourth-order valence-electron chi connectivity index (χ4n) is 1.56. The second-order valence-corrected chi connectivity index (χ2v) is 4.09. The molecule has 6 heteroatoms. The minimum absolute atomic E-state index is 0.0923. The number of aromatic nitrogens is 4. The number of nitrogens with one attached hydrogen (secondary N) is 2. The van der Waals surface area contributed by atoms with E-state index in [4.69, 9.17) is 11.6 Å². The normalized spacial score (nSPS) is 12.4. The Morgan fingerprint density at radius 1 is 1.47 bits per heavy atom. The van der Waals surface area contributed by atoms with Crippen LogP contribution in [-0.2, 0) is 0 Å². The van der Waals surface area contributed by atoms with Crippen LogP contribution in [-0.4, -0.2) is 19.9 Å². The predicted octanol–water partition coefficient (Wildman–Crippen LogP) is 2.72. The molecule has 0 aromatic carbocycles.